The summed E-state index contributed by atoms with van der Waals surface area (Å²) in [5, 5.41) is 10.2. The highest BCUT2D eigenvalue weighted by Crippen LogP contribution is 2.24. The number of carboxylic acids is 1. The molecule has 0 unspecified atom stereocenters. The summed E-state index contributed by atoms with van der Waals surface area (Å²) in [7, 11) is 1.75. The monoisotopic (exact) mass is 344 g/mol. The number of hydrogen-bond acceptors (Lipinski definition) is 4. The van der Waals surface area contributed by atoms with Crippen molar-refractivity contribution in [3.63, 3.8) is 0 Å². The molecule has 0 aliphatic carbocycles. The van der Waals surface area contributed by atoms with Crippen LogP contribution in [0.4, 0.5) is 0 Å². The van der Waals surface area contributed by atoms with Crippen molar-refractivity contribution >= 4 is 28.7 Å². The highest BCUT2D eigenvalue weighted by atomic mass is 16.4. The van der Waals surface area contributed by atoms with Gasteiger partial charge in [-0.1, -0.05) is 18.2 Å². The van der Waals surface area contributed by atoms with Crippen LogP contribution in [-0.2, 0) is 23.2 Å². The largest absolute Gasteiger partial charge is 0.477 e. The van der Waals surface area contributed by atoms with E-state index in [0.717, 1.165) is 16.5 Å². The highest BCUT2D eigenvalue weighted by molar-refractivity contribution is 6.34. The van der Waals surface area contributed by atoms with Gasteiger partial charge in [0.15, 0.2) is 0 Å². The zero-order valence-corrected chi connectivity index (χ0v) is 13.9. The summed E-state index contributed by atoms with van der Waals surface area (Å²) in [5.41, 5.74) is 7.21. The van der Waals surface area contributed by atoms with Crippen LogP contribution in [-0.4, -0.2) is 63.4 Å². The number of hydrogen-bond donors (Lipinski definition) is 2. The van der Waals surface area contributed by atoms with Gasteiger partial charge in [-0.2, -0.15) is 0 Å². The molecule has 0 radical (unpaired) electrons. The normalized spacial score (nSPS) is 15.5. The molecule has 3 N–H and O–H groups in total. The van der Waals surface area contributed by atoms with Crippen LogP contribution in [0.25, 0.3) is 10.9 Å². The number of fused-ring (bicyclic) bond motifs is 1. The zero-order chi connectivity index (χ0) is 18.1. The first-order valence-corrected chi connectivity index (χ1v) is 8.00. The van der Waals surface area contributed by atoms with Crippen LogP contribution in [0.1, 0.15) is 16.1 Å². The lowest BCUT2D eigenvalue weighted by Gasteiger charge is -2.34. The van der Waals surface area contributed by atoms with Gasteiger partial charge in [0.2, 0.25) is 0 Å². The first-order valence-electron chi connectivity index (χ1n) is 8.00. The minimum absolute atomic E-state index is 0.249. The molecule has 1 aliphatic rings. The Bertz CT molecular complexity index is 850. The molecule has 1 saturated heterocycles. The molecule has 0 bridgehead atoms. The van der Waals surface area contributed by atoms with Gasteiger partial charge in [-0.3, -0.25) is 14.5 Å². The molecule has 0 saturated carbocycles. The molecule has 8 nitrogen and oxygen atoms in total. The molecule has 1 aliphatic heterocycles. The molecule has 1 aromatic carbocycles. The molecule has 132 valence electrons. The highest BCUT2D eigenvalue weighted by Gasteiger charge is 2.25. The fraction of sp³-hybridized carbons (Fsp3) is 0.353. The molecule has 1 fully saturated rings. The van der Waals surface area contributed by atoms with Gasteiger partial charge in [-0.25, -0.2) is 4.79 Å². The summed E-state index contributed by atoms with van der Waals surface area (Å²) in [6.07, 6.45) is 0. The van der Waals surface area contributed by atoms with Gasteiger partial charge in [-0.15, -0.1) is 0 Å². The predicted octanol–water partition coefficient (Wildman–Crippen LogP) is 0.00600. The van der Waals surface area contributed by atoms with Crippen molar-refractivity contribution in [1.29, 1.82) is 0 Å². The molecule has 8 heteroatoms. The minimum atomic E-state index is -0.955. The number of aromatic nitrogens is 1. The van der Waals surface area contributed by atoms with Gasteiger partial charge >= 0.3 is 17.8 Å². The van der Waals surface area contributed by atoms with Crippen LogP contribution >= 0.6 is 0 Å². The van der Waals surface area contributed by atoms with E-state index in [9.17, 15) is 19.5 Å². The Balaban J connectivity index is 1.77. The number of benzene rings is 1. The maximum absolute atomic E-state index is 11.6. The molecular formula is C17H20N4O4. The van der Waals surface area contributed by atoms with E-state index >= 15 is 0 Å². The fourth-order valence-corrected chi connectivity index (χ4v) is 3.34. The molecule has 25 heavy (non-hydrogen) atoms. The van der Waals surface area contributed by atoms with Crippen molar-refractivity contribution in [3.8, 4) is 0 Å². The number of carbonyl (C=O) groups is 3. The van der Waals surface area contributed by atoms with Crippen molar-refractivity contribution in [1.82, 2.24) is 14.4 Å². The third kappa shape index (κ3) is 3.20. The van der Waals surface area contributed by atoms with Gasteiger partial charge in [0.05, 0.1) is 5.52 Å². The molecule has 0 spiro atoms. The third-order valence-corrected chi connectivity index (χ3v) is 4.62. The first-order chi connectivity index (χ1) is 11.9. The summed E-state index contributed by atoms with van der Waals surface area (Å²) in [5.74, 6) is -2.53. The second-order valence-corrected chi connectivity index (χ2v) is 6.18. The van der Waals surface area contributed by atoms with Crippen molar-refractivity contribution in [2.75, 3.05) is 26.2 Å². The van der Waals surface area contributed by atoms with Gasteiger partial charge < -0.3 is 20.3 Å². The van der Waals surface area contributed by atoms with E-state index in [1.165, 1.54) is 4.90 Å². The van der Waals surface area contributed by atoms with E-state index in [-0.39, 0.29) is 5.69 Å². The third-order valence-electron chi connectivity index (χ3n) is 4.62. The number of para-hydroxylation sites is 1. The van der Waals surface area contributed by atoms with Crippen molar-refractivity contribution in [3.05, 3.63) is 35.5 Å². The Morgan fingerprint density at radius 1 is 1.16 bits per heavy atom. The van der Waals surface area contributed by atoms with Gasteiger partial charge in [0, 0.05) is 45.2 Å². The first kappa shape index (κ1) is 17.0. The van der Waals surface area contributed by atoms with Crippen LogP contribution in [0, 0.1) is 0 Å². The van der Waals surface area contributed by atoms with Crippen LogP contribution < -0.4 is 5.73 Å². The number of rotatable bonds is 3. The molecule has 2 heterocycles. The predicted molar refractivity (Wildman–Crippen MR) is 90.9 cm³/mol. The SMILES string of the molecule is Cn1c(C(=O)O)cc2cccc(CN3CCN(C(=O)C(N)=O)CC3)c21. The second kappa shape index (κ2) is 6.56. The average Bonchev–Trinajstić information content (AvgIpc) is 2.93. The van der Waals surface area contributed by atoms with Crippen molar-refractivity contribution < 1.29 is 19.5 Å². The van der Waals surface area contributed by atoms with Crippen molar-refractivity contribution in [2.45, 2.75) is 6.54 Å². The number of nitrogens with two attached hydrogens (primary N) is 1. The van der Waals surface area contributed by atoms with E-state index < -0.39 is 17.8 Å². The van der Waals surface area contributed by atoms with Gasteiger partial charge in [0.1, 0.15) is 5.69 Å². The second-order valence-electron chi connectivity index (χ2n) is 6.18. The Hall–Kier alpha value is -2.87. The lowest BCUT2D eigenvalue weighted by Crippen LogP contribution is -2.51. The Kier molecular flexibility index (Phi) is 4.45. The number of aromatic carboxylic acids is 1. The molecule has 2 amide bonds. The Labute approximate surface area is 144 Å². The molecule has 3 rings (SSSR count). The maximum Gasteiger partial charge on any atom is 0.352 e. The fourth-order valence-electron chi connectivity index (χ4n) is 3.34. The van der Waals surface area contributed by atoms with Crippen LogP contribution in [0.15, 0.2) is 24.3 Å². The van der Waals surface area contributed by atoms with E-state index in [4.69, 9.17) is 5.73 Å². The number of piperazine rings is 1. The number of amides is 2. The van der Waals surface area contributed by atoms with Crippen LogP contribution in [0.2, 0.25) is 0 Å². The Morgan fingerprint density at radius 3 is 2.44 bits per heavy atom. The van der Waals surface area contributed by atoms with E-state index in [0.29, 0.717) is 32.7 Å². The summed E-state index contributed by atoms with van der Waals surface area (Å²) in [6, 6.07) is 7.46. The number of aryl methyl sites for hydroxylation is 1. The molecule has 2 aromatic rings. The Morgan fingerprint density at radius 2 is 1.84 bits per heavy atom. The van der Waals surface area contributed by atoms with Crippen LogP contribution in [0.3, 0.4) is 0 Å². The number of carboxylic acid groups (broad SMARTS) is 1. The topological polar surface area (TPSA) is 109 Å². The summed E-state index contributed by atoms with van der Waals surface area (Å²) >= 11 is 0. The van der Waals surface area contributed by atoms with E-state index in [2.05, 4.69) is 4.90 Å². The zero-order valence-electron chi connectivity index (χ0n) is 13.9. The lowest BCUT2D eigenvalue weighted by atomic mass is 10.1. The van der Waals surface area contributed by atoms with Crippen molar-refractivity contribution in [2.24, 2.45) is 12.8 Å². The van der Waals surface area contributed by atoms with Gasteiger partial charge in [0.25, 0.3) is 0 Å². The van der Waals surface area contributed by atoms with E-state index in [1.807, 2.05) is 18.2 Å². The summed E-state index contributed by atoms with van der Waals surface area (Å²) < 4.78 is 1.69. The average molecular weight is 344 g/mol. The quantitative estimate of drug-likeness (QED) is 0.762. The number of carbonyl (C=O) groups excluding carboxylic acids is 2. The number of primary amides is 1. The molecular weight excluding hydrogens is 324 g/mol. The van der Waals surface area contributed by atoms with Crippen LogP contribution in [0.5, 0.6) is 0 Å². The molecule has 1 aromatic heterocycles. The standard InChI is InChI=1S/C17H20N4O4/c1-19-13(17(24)25)9-11-3-2-4-12(14(11)19)10-20-5-7-21(8-6-20)16(23)15(18)22/h2-4,9H,5-8,10H2,1H3,(H2,18,22)(H,24,25). The lowest BCUT2D eigenvalue weighted by molar-refractivity contribution is -0.145. The minimum Gasteiger partial charge on any atom is -0.477 e. The summed E-state index contributed by atoms with van der Waals surface area (Å²) in [4.78, 5) is 37.6. The number of nitrogens with zero attached hydrogens (tertiary/aromatic N) is 3. The maximum atomic E-state index is 11.6. The van der Waals surface area contributed by atoms with E-state index in [1.54, 1.807) is 17.7 Å². The molecule has 0 atom stereocenters. The summed E-state index contributed by atoms with van der Waals surface area (Å²) in [6.45, 7) is 2.81. The smallest absolute Gasteiger partial charge is 0.352 e. The van der Waals surface area contributed by atoms with Gasteiger partial charge in [-0.05, 0) is 11.6 Å².